The van der Waals surface area contributed by atoms with E-state index in [0.29, 0.717) is 50.1 Å². The van der Waals surface area contributed by atoms with Crippen molar-refractivity contribution in [2.24, 2.45) is 0 Å². The van der Waals surface area contributed by atoms with Crippen LogP contribution in [0.2, 0.25) is 0 Å². The van der Waals surface area contributed by atoms with Crippen LogP contribution in [0.5, 0.6) is 5.75 Å². The molecule has 7 nitrogen and oxygen atoms in total. The van der Waals surface area contributed by atoms with Gasteiger partial charge in [-0.1, -0.05) is 30.0 Å². The van der Waals surface area contributed by atoms with Crippen molar-refractivity contribution >= 4 is 53.2 Å². The normalized spacial score (nSPS) is 14.6. The number of carboxylic acid groups (broad SMARTS) is 1. The Morgan fingerprint density at radius 1 is 1.09 bits per heavy atom. The average molecular weight is 475 g/mol. The minimum atomic E-state index is -1.01. The van der Waals surface area contributed by atoms with Gasteiger partial charge in [0.2, 0.25) is 0 Å². The number of carboxylic acids is 1. The number of carbonyl (C=O) groups is 1. The van der Waals surface area contributed by atoms with Crippen LogP contribution < -0.4 is 15.1 Å². The van der Waals surface area contributed by atoms with E-state index in [0.717, 1.165) is 26.5 Å². The molecular formula is C24H22NNaO6S. The molecule has 1 saturated heterocycles. The number of hydrogen-bond donors (Lipinski definition) is 1. The summed E-state index contributed by atoms with van der Waals surface area (Å²) in [7, 11) is 0. The summed E-state index contributed by atoms with van der Waals surface area (Å²) in [6.45, 7) is 2.23. The minimum absolute atomic E-state index is 0. The second-order valence-electron chi connectivity index (χ2n) is 7.62. The van der Waals surface area contributed by atoms with Gasteiger partial charge in [-0.3, -0.25) is 4.79 Å². The second-order valence-corrected chi connectivity index (χ2v) is 8.67. The fraction of sp³-hybridized carbons (Fsp3) is 0.250. The van der Waals surface area contributed by atoms with E-state index in [-0.39, 0.29) is 41.6 Å². The predicted octanol–water partition coefficient (Wildman–Crippen LogP) is 3.01. The third kappa shape index (κ3) is 5.31. The summed E-state index contributed by atoms with van der Waals surface area (Å²) in [5.41, 5.74) is 2.99. The Kier molecular flexibility index (Phi) is 7.51. The summed E-state index contributed by atoms with van der Waals surface area (Å²) in [4.78, 5) is 27.4. The molecule has 5 rings (SSSR count). The van der Waals surface area contributed by atoms with Gasteiger partial charge in [0.25, 0.3) is 0 Å². The molecule has 0 atom stereocenters. The van der Waals surface area contributed by atoms with Gasteiger partial charge in [0.05, 0.1) is 13.2 Å². The molecule has 3 aromatic rings. The molecule has 0 amide bonds. The van der Waals surface area contributed by atoms with Crippen molar-refractivity contribution in [2.75, 3.05) is 37.8 Å². The maximum absolute atomic E-state index is 12.5. The predicted molar refractivity (Wildman–Crippen MR) is 127 cm³/mol. The Morgan fingerprint density at radius 3 is 2.70 bits per heavy atom. The zero-order valence-electron chi connectivity index (χ0n) is 17.2. The molecule has 0 aliphatic carbocycles. The molecule has 0 spiro atoms. The molecule has 2 aliphatic heterocycles. The van der Waals surface area contributed by atoms with Gasteiger partial charge in [0, 0.05) is 40.6 Å². The van der Waals surface area contributed by atoms with Crippen LogP contribution in [0, 0.1) is 0 Å². The number of anilines is 1. The quantitative estimate of drug-likeness (QED) is 0.441. The van der Waals surface area contributed by atoms with Crippen LogP contribution in [-0.4, -0.2) is 73.5 Å². The number of aliphatic carboxylic acids is 1. The molecule has 0 bridgehead atoms. The van der Waals surface area contributed by atoms with Crippen molar-refractivity contribution in [3.05, 3.63) is 69.9 Å². The van der Waals surface area contributed by atoms with Crippen molar-refractivity contribution in [1.29, 1.82) is 0 Å². The Morgan fingerprint density at radius 2 is 1.91 bits per heavy atom. The van der Waals surface area contributed by atoms with Crippen molar-refractivity contribution in [3.8, 4) is 17.1 Å². The first-order valence-corrected chi connectivity index (χ1v) is 11.1. The van der Waals surface area contributed by atoms with Crippen molar-refractivity contribution in [2.45, 2.75) is 16.2 Å². The first-order valence-electron chi connectivity index (χ1n) is 10.3. The number of ether oxygens (including phenoxy) is 2. The second kappa shape index (κ2) is 10.4. The van der Waals surface area contributed by atoms with Crippen LogP contribution in [0.1, 0.15) is 11.1 Å². The molecule has 1 N–H and O–H groups in total. The molecule has 0 saturated carbocycles. The van der Waals surface area contributed by atoms with Crippen LogP contribution in [-0.2, 0) is 16.0 Å². The van der Waals surface area contributed by atoms with E-state index in [9.17, 15) is 9.59 Å². The van der Waals surface area contributed by atoms with E-state index in [2.05, 4.69) is 6.07 Å². The first kappa shape index (κ1) is 23.9. The van der Waals surface area contributed by atoms with Gasteiger partial charge in [-0.15, -0.1) is 0 Å². The number of benzene rings is 2. The van der Waals surface area contributed by atoms with Crippen LogP contribution in [0.3, 0.4) is 0 Å². The summed E-state index contributed by atoms with van der Waals surface area (Å²) in [6, 6.07) is 14.7. The number of rotatable bonds is 5. The molecule has 0 radical (unpaired) electrons. The van der Waals surface area contributed by atoms with Crippen molar-refractivity contribution in [3.63, 3.8) is 0 Å². The van der Waals surface area contributed by atoms with Crippen LogP contribution in [0.4, 0.5) is 5.88 Å². The molecule has 2 aliphatic rings. The summed E-state index contributed by atoms with van der Waals surface area (Å²) < 4.78 is 16.9. The number of nitrogens with zero attached hydrogens (tertiary/aromatic N) is 1. The van der Waals surface area contributed by atoms with Gasteiger partial charge in [0.15, 0.2) is 17.9 Å². The summed E-state index contributed by atoms with van der Waals surface area (Å²) in [6.07, 6.45) is 0.684. The average Bonchev–Trinajstić information content (AvgIpc) is 2.81. The summed E-state index contributed by atoms with van der Waals surface area (Å²) >= 11 is 1.62. The Labute approximate surface area is 217 Å². The fourth-order valence-electron chi connectivity index (χ4n) is 3.92. The zero-order valence-corrected chi connectivity index (χ0v) is 18.0. The molecular weight excluding hydrogens is 453 g/mol. The van der Waals surface area contributed by atoms with Gasteiger partial charge in [0.1, 0.15) is 11.5 Å². The fourth-order valence-corrected chi connectivity index (χ4v) is 5.09. The monoisotopic (exact) mass is 475 g/mol. The number of morpholine rings is 1. The molecule has 2 aromatic carbocycles. The van der Waals surface area contributed by atoms with Gasteiger partial charge < -0.3 is 23.9 Å². The summed E-state index contributed by atoms with van der Waals surface area (Å²) in [5, 5.41) is 8.83. The first-order chi connectivity index (χ1) is 15.6. The van der Waals surface area contributed by atoms with Gasteiger partial charge >= 0.3 is 35.5 Å². The topological polar surface area (TPSA) is 89.2 Å². The Bertz CT molecular complexity index is 1240. The van der Waals surface area contributed by atoms with Crippen molar-refractivity contribution in [1.82, 2.24) is 0 Å². The van der Waals surface area contributed by atoms with Gasteiger partial charge in [-0.25, -0.2) is 4.79 Å². The SMILES string of the molecule is O=C(O)COc1ccc2c(c1)Cc1cccc(-c3cc(=O)cc(N4CCOCC4)o3)c1S2.[NaH]. The van der Waals surface area contributed by atoms with Crippen molar-refractivity contribution < 1.29 is 23.8 Å². The standard InChI is InChI=1S/C24H21NO6S.Na.H/c26-17-12-20(31-22(13-17)25-6-8-29-9-7-25)19-3-1-2-15-10-16-11-18(30-14-23(27)28)4-5-21(16)32-24(15)19;;/h1-5,11-13H,6-10,14H2,(H,27,28);;. The van der Waals surface area contributed by atoms with Crippen LogP contribution >= 0.6 is 11.8 Å². The zero-order chi connectivity index (χ0) is 22.1. The van der Waals surface area contributed by atoms with E-state index in [1.165, 1.54) is 6.07 Å². The molecule has 3 heterocycles. The Hall–Kier alpha value is -2.23. The summed E-state index contributed by atoms with van der Waals surface area (Å²) in [5.74, 6) is 0.645. The van der Waals surface area contributed by atoms with Gasteiger partial charge in [-0.2, -0.15) is 0 Å². The van der Waals surface area contributed by atoms with E-state index < -0.39 is 5.97 Å². The van der Waals surface area contributed by atoms with E-state index in [1.807, 2.05) is 29.2 Å². The molecule has 0 unspecified atom stereocenters. The van der Waals surface area contributed by atoms with Gasteiger partial charge in [-0.05, 0) is 35.7 Å². The van der Waals surface area contributed by atoms with E-state index in [1.54, 1.807) is 23.9 Å². The number of fused-ring (bicyclic) bond motifs is 2. The van der Waals surface area contributed by atoms with Crippen LogP contribution in [0.15, 0.2) is 67.5 Å². The van der Waals surface area contributed by atoms with Crippen LogP contribution in [0.25, 0.3) is 11.3 Å². The molecule has 166 valence electrons. The molecule has 1 aromatic heterocycles. The third-order valence-electron chi connectivity index (χ3n) is 5.43. The molecule has 33 heavy (non-hydrogen) atoms. The van der Waals surface area contributed by atoms with E-state index >= 15 is 0 Å². The number of hydrogen-bond acceptors (Lipinski definition) is 7. The molecule has 1 fully saturated rings. The Balaban J connectivity index is 0.00000259. The molecule has 9 heteroatoms. The maximum atomic E-state index is 12.5. The van der Waals surface area contributed by atoms with E-state index in [4.69, 9.17) is 19.0 Å². The third-order valence-corrected chi connectivity index (χ3v) is 6.73.